The van der Waals surface area contributed by atoms with Crippen molar-refractivity contribution in [3.05, 3.63) is 27.9 Å². The molecule has 1 aliphatic heterocycles. The van der Waals surface area contributed by atoms with Crippen molar-refractivity contribution in [3.8, 4) is 11.8 Å². The summed E-state index contributed by atoms with van der Waals surface area (Å²) in [5, 5.41) is 10.6. The molecular weight excluding hydrogens is 379 g/mol. The Balaban J connectivity index is 2.28. The minimum Gasteiger partial charge on any atom is -0.388 e. The lowest BCUT2D eigenvalue weighted by Crippen LogP contribution is -2.34. The van der Waals surface area contributed by atoms with Crippen LogP contribution in [0, 0.1) is 11.8 Å². The van der Waals surface area contributed by atoms with Crippen molar-refractivity contribution in [2.75, 3.05) is 7.11 Å². The van der Waals surface area contributed by atoms with Crippen LogP contribution in [0.25, 0.3) is 0 Å². The van der Waals surface area contributed by atoms with E-state index in [1.807, 2.05) is 0 Å². The number of ether oxygens (including phenoxy) is 2. The number of aliphatic hydroxyl groups excluding tert-OH is 1. The van der Waals surface area contributed by atoms with E-state index < -0.39 is 43.9 Å². The fraction of sp³-hybridized carbons (Fsp3) is 0.625. The highest BCUT2D eigenvalue weighted by atomic mass is 31.2. The van der Waals surface area contributed by atoms with Crippen molar-refractivity contribution in [1.29, 1.82) is 0 Å². The number of phosphoric ester groups is 1. The number of nitrogens with one attached hydrogen (secondary N) is 1. The van der Waals surface area contributed by atoms with Crippen LogP contribution in [0.3, 0.4) is 0 Å². The van der Waals surface area contributed by atoms with Gasteiger partial charge in [-0.1, -0.05) is 12.8 Å². The third kappa shape index (κ3) is 5.46. The molecule has 1 aliphatic rings. The molecule has 11 heteroatoms. The van der Waals surface area contributed by atoms with Gasteiger partial charge in [-0.05, 0) is 19.3 Å². The van der Waals surface area contributed by atoms with E-state index in [4.69, 9.17) is 23.8 Å². The topological polar surface area (TPSA) is 151 Å². The van der Waals surface area contributed by atoms with Crippen LogP contribution in [-0.4, -0.2) is 56.4 Å². The highest BCUT2D eigenvalue weighted by Crippen LogP contribution is 2.42. The van der Waals surface area contributed by atoms with Crippen LogP contribution in [0.2, 0.25) is 0 Å². The maximum Gasteiger partial charge on any atom is 0.469 e. The van der Waals surface area contributed by atoms with Gasteiger partial charge in [0, 0.05) is 13.5 Å². The standard InChI is InChI=1S/C16H23N2O8P/c1-4-6-10-13(17-8-12(19)18-10)15-16(24-3)14(20)11(25-15)7-9(5-2)26-27(21,22)23/h8-9,11,14-16,20H,5,7H2,1-3H3,(H,18,19)(H2,21,22,23)/t9?,11-,14?,15+,16?/m1/s1. The Labute approximate surface area is 156 Å². The fourth-order valence-corrected chi connectivity index (χ4v) is 3.62. The Kier molecular flexibility index (Phi) is 7.31. The zero-order valence-electron chi connectivity index (χ0n) is 15.2. The molecule has 0 amide bonds. The summed E-state index contributed by atoms with van der Waals surface area (Å²) in [7, 11) is -3.28. The molecule has 0 spiro atoms. The molecule has 1 aromatic heterocycles. The minimum absolute atomic E-state index is 0.0390. The van der Waals surface area contributed by atoms with Crippen LogP contribution in [0.5, 0.6) is 0 Å². The smallest absolute Gasteiger partial charge is 0.388 e. The first kappa shape index (κ1) is 21.7. The molecule has 2 rings (SSSR count). The monoisotopic (exact) mass is 402 g/mol. The van der Waals surface area contributed by atoms with Crippen molar-refractivity contribution in [1.82, 2.24) is 9.97 Å². The Morgan fingerprint density at radius 3 is 2.74 bits per heavy atom. The fourth-order valence-electron chi connectivity index (χ4n) is 3.00. The third-order valence-corrected chi connectivity index (χ3v) is 4.76. The van der Waals surface area contributed by atoms with E-state index in [-0.39, 0.29) is 12.1 Å². The molecule has 1 aromatic rings. The van der Waals surface area contributed by atoms with Gasteiger partial charge < -0.3 is 29.4 Å². The van der Waals surface area contributed by atoms with Gasteiger partial charge in [-0.25, -0.2) is 9.55 Å². The molecule has 0 radical (unpaired) electrons. The second-order valence-electron chi connectivity index (χ2n) is 6.03. The van der Waals surface area contributed by atoms with Gasteiger partial charge in [0.25, 0.3) is 5.56 Å². The van der Waals surface area contributed by atoms with Crippen molar-refractivity contribution in [3.63, 3.8) is 0 Å². The third-order valence-electron chi connectivity index (χ3n) is 4.19. The van der Waals surface area contributed by atoms with Crippen LogP contribution in [0.15, 0.2) is 11.0 Å². The normalized spacial score (nSPS) is 26.4. The van der Waals surface area contributed by atoms with E-state index >= 15 is 0 Å². The summed E-state index contributed by atoms with van der Waals surface area (Å²) in [5.41, 5.74) is 0.131. The molecule has 4 N–H and O–H groups in total. The van der Waals surface area contributed by atoms with E-state index in [9.17, 15) is 14.5 Å². The number of hydrogen-bond donors (Lipinski definition) is 4. The SMILES string of the molecule is CC#Cc1[nH]c(=O)cnc1[C@@H]1O[C@H](CC(CC)OP(=O)(O)O)C(O)C1OC. The first-order chi connectivity index (χ1) is 12.7. The molecule has 27 heavy (non-hydrogen) atoms. The van der Waals surface area contributed by atoms with Crippen LogP contribution < -0.4 is 5.56 Å². The Morgan fingerprint density at radius 2 is 2.19 bits per heavy atom. The van der Waals surface area contributed by atoms with Crippen molar-refractivity contribution in [2.24, 2.45) is 0 Å². The molecule has 0 aliphatic carbocycles. The number of aromatic amines is 1. The van der Waals surface area contributed by atoms with Crippen LogP contribution in [-0.2, 0) is 18.6 Å². The Morgan fingerprint density at radius 1 is 1.48 bits per heavy atom. The second kappa shape index (κ2) is 9.08. The first-order valence-corrected chi connectivity index (χ1v) is 9.85. The molecular formula is C16H23N2O8P. The highest BCUT2D eigenvalue weighted by Gasteiger charge is 2.47. The van der Waals surface area contributed by atoms with Crippen molar-refractivity contribution < 1.29 is 33.5 Å². The minimum atomic E-state index is -4.67. The lowest BCUT2D eigenvalue weighted by Gasteiger charge is -2.22. The molecule has 10 nitrogen and oxygen atoms in total. The number of aliphatic hydroxyl groups is 1. The number of nitrogens with zero attached hydrogens (tertiary/aromatic N) is 1. The van der Waals surface area contributed by atoms with Crippen molar-refractivity contribution in [2.45, 2.75) is 57.2 Å². The predicted molar refractivity (Wildman–Crippen MR) is 93.7 cm³/mol. The van der Waals surface area contributed by atoms with Gasteiger partial charge in [-0.3, -0.25) is 9.32 Å². The predicted octanol–water partition coefficient (Wildman–Crippen LogP) is 0.235. The largest absolute Gasteiger partial charge is 0.469 e. The van der Waals surface area contributed by atoms with Gasteiger partial charge in [-0.15, -0.1) is 0 Å². The van der Waals surface area contributed by atoms with Gasteiger partial charge >= 0.3 is 7.82 Å². The molecule has 1 fully saturated rings. The summed E-state index contributed by atoms with van der Waals surface area (Å²) in [6.07, 6.45) is -2.93. The second-order valence-corrected chi connectivity index (χ2v) is 7.22. The summed E-state index contributed by atoms with van der Waals surface area (Å²) < 4.78 is 27.1. The maximum atomic E-state index is 11.5. The quantitative estimate of drug-likeness (QED) is 0.371. The van der Waals surface area contributed by atoms with Gasteiger partial charge in [0.15, 0.2) is 0 Å². The van der Waals surface area contributed by atoms with Gasteiger partial charge in [0.2, 0.25) is 0 Å². The number of aromatic nitrogens is 2. The van der Waals surface area contributed by atoms with E-state index in [1.54, 1.807) is 13.8 Å². The van der Waals surface area contributed by atoms with Gasteiger partial charge in [0.1, 0.15) is 29.7 Å². The molecule has 0 saturated carbocycles. The summed E-state index contributed by atoms with van der Waals surface area (Å²) in [6, 6.07) is 0. The zero-order chi connectivity index (χ0) is 20.2. The summed E-state index contributed by atoms with van der Waals surface area (Å²) in [5.74, 6) is 5.41. The number of rotatable bonds is 7. The summed E-state index contributed by atoms with van der Waals surface area (Å²) in [6.45, 7) is 3.30. The van der Waals surface area contributed by atoms with Crippen LogP contribution in [0.4, 0.5) is 0 Å². The average molecular weight is 402 g/mol. The number of hydrogen-bond acceptors (Lipinski definition) is 7. The molecule has 5 atom stereocenters. The first-order valence-electron chi connectivity index (χ1n) is 8.32. The number of methoxy groups -OCH3 is 1. The number of H-pyrrole nitrogens is 1. The van der Waals surface area contributed by atoms with E-state index in [2.05, 4.69) is 21.8 Å². The van der Waals surface area contributed by atoms with Crippen LogP contribution >= 0.6 is 7.82 Å². The molecule has 150 valence electrons. The molecule has 0 bridgehead atoms. The summed E-state index contributed by atoms with van der Waals surface area (Å²) >= 11 is 0. The van der Waals surface area contributed by atoms with Crippen LogP contribution in [0.1, 0.15) is 44.2 Å². The van der Waals surface area contributed by atoms with E-state index in [0.29, 0.717) is 12.1 Å². The van der Waals surface area contributed by atoms with E-state index in [0.717, 1.165) is 6.20 Å². The lowest BCUT2D eigenvalue weighted by molar-refractivity contribution is -0.0232. The van der Waals surface area contributed by atoms with Gasteiger partial charge in [-0.2, -0.15) is 0 Å². The average Bonchev–Trinajstić information content (AvgIpc) is 2.89. The number of phosphoric acid groups is 1. The summed E-state index contributed by atoms with van der Waals surface area (Å²) in [4.78, 5) is 36.2. The maximum absolute atomic E-state index is 11.5. The van der Waals surface area contributed by atoms with Crippen molar-refractivity contribution >= 4 is 7.82 Å². The lowest BCUT2D eigenvalue weighted by atomic mass is 10.0. The zero-order valence-corrected chi connectivity index (χ0v) is 16.1. The molecule has 3 unspecified atom stereocenters. The Hall–Kier alpha value is -1.57. The molecule has 1 saturated heterocycles. The molecule has 2 heterocycles. The Bertz CT molecular complexity index is 811. The highest BCUT2D eigenvalue weighted by molar-refractivity contribution is 7.46. The van der Waals surface area contributed by atoms with E-state index in [1.165, 1.54) is 7.11 Å². The molecule has 0 aromatic carbocycles. The van der Waals surface area contributed by atoms with Gasteiger partial charge in [0.05, 0.1) is 18.4 Å².